The molecule has 6 heteroatoms. The zero-order valence-electron chi connectivity index (χ0n) is 11.0. The molecule has 1 amide bonds. The molecule has 0 aliphatic heterocycles. The third-order valence-corrected chi connectivity index (χ3v) is 3.36. The number of halogens is 1. The van der Waals surface area contributed by atoms with Gasteiger partial charge in [-0.3, -0.25) is 9.89 Å². The second-order valence-corrected chi connectivity index (χ2v) is 5.02. The van der Waals surface area contributed by atoms with Gasteiger partial charge in [0.05, 0.1) is 10.9 Å². The molecule has 106 valence electrons. The molecule has 3 rings (SSSR count). The van der Waals surface area contributed by atoms with Gasteiger partial charge in [-0.25, -0.2) is 4.79 Å². The third-order valence-electron chi connectivity index (χ3n) is 3.13. The minimum absolute atomic E-state index is 0.293. The Bertz CT molecular complexity index is 866. The number of carbonyl (C=O) groups is 1. The van der Waals surface area contributed by atoms with Gasteiger partial charge in [-0.2, -0.15) is 4.68 Å². The molecule has 2 aromatic carbocycles. The van der Waals surface area contributed by atoms with Crippen LogP contribution in [-0.4, -0.2) is 15.8 Å². The zero-order valence-corrected chi connectivity index (χ0v) is 11.7. The molecule has 0 unspecified atom stereocenters. The summed E-state index contributed by atoms with van der Waals surface area (Å²) in [5, 5.41) is 6.54. The number of para-hydroxylation sites is 1. The molecule has 0 radical (unpaired) electrons. The fraction of sp³-hybridized carbons (Fsp3) is 0.0667. The molecule has 0 aliphatic carbocycles. The molecule has 0 aliphatic rings. The maximum Gasteiger partial charge on any atom is 0.343 e. The van der Waals surface area contributed by atoms with Gasteiger partial charge in [0.1, 0.15) is 0 Å². The van der Waals surface area contributed by atoms with Gasteiger partial charge in [0, 0.05) is 11.6 Å². The van der Waals surface area contributed by atoms with Crippen LogP contribution in [0.3, 0.4) is 0 Å². The van der Waals surface area contributed by atoms with Crippen molar-refractivity contribution in [1.29, 1.82) is 0 Å². The van der Waals surface area contributed by atoms with E-state index in [2.05, 4.69) is 10.4 Å². The molecule has 2 N–H and O–H groups in total. The summed E-state index contributed by atoms with van der Waals surface area (Å²) in [5.41, 5.74) is 1.12. The number of benzene rings is 2. The van der Waals surface area contributed by atoms with Crippen molar-refractivity contribution < 1.29 is 4.79 Å². The summed E-state index contributed by atoms with van der Waals surface area (Å²) in [4.78, 5) is 24.2. The number of rotatable bonds is 2. The van der Waals surface area contributed by atoms with Crippen LogP contribution < -0.4 is 10.9 Å². The Kier molecular flexibility index (Phi) is 3.50. The number of hydrogen-bond donors (Lipinski definition) is 2. The van der Waals surface area contributed by atoms with Gasteiger partial charge in [-0.1, -0.05) is 35.9 Å². The lowest BCUT2D eigenvalue weighted by Crippen LogP contribution is -2.35. The fourth-order valence-corrected chi connectivity index (χ4v) is 2.32. The molecule has 1 heterocycles. The van der Waals surface area contributed by atoms with E-state index in [1.807, 2.05) is 6.07 Å². The number of nitrogens with one attached hydrogen (secondary N) is 2. The van der Waals surface area contributed by atoms with E-state index in [9.17, 15) is 9.59 Å². The first-order valence-electron chi connectivity index (χ1n) is 6.37. The summed E-state index contributed by atoms with van der Waals surface area (Å²) in [7, 11) is 0. The van der Waals surface area contributed by atoms with Crippen LogP contribution in [0, 0.1) is 0 Å². The molecule has 5 nitrogen and oxygen atoms in total. The number of nitrogens with zero attached hydrogens (tertiary/aromatic N) is 1. The number of aromatic amines is 1. The molecule has 21 heavy (non-hydrogen) atoms. The van der Waals surface area contributed by atoms with Crippen LogP contribution in [0.2, 0.25) is 5.02 Å². The quantitative estimate of drug-likeness (QED) is 0.764. The fourth-order valence-electron chi connectivity index (χ4n) is 2.11. The first-order valence-corrected chi connectivity index (χ1v) is 6.75. The lowest BCUT2D eigenvalue weighted by atomic mass is 10.2. The second-order valence-electron chi connectivity index (χ2n) is 4.59. The number of hydrogen-bond acceptors (Lipinski definition) is 2. The molecule has 0 spiro atoms. The Labute approximate surface area is 125 Å². The van der Waals surface area contributed by atoms with Gasteiger partial charge in [-0.05, 0) is 29.8 Å². The topological polar surface area (TPSA) is 66.9 Å². The van der Waals surface area contributed by atoms with E-state index in [0.29, 0.717) is 22.5 Å². The average molecular weight is 302 g/mol. The Hall–Kier alpha value is -2.53. The van der Waals surface area contributed by atoms with E-state index in [4.69, 9.17) is 11.6 Å². The summed E-state index contributed by atoms with van der Waals surface area (Å²) >= 11 is 5.88. The number of amides is 1. The van der Waals surface area contributed by atoms with Crippen molar-refractivity contribution in [2.75, 3.05) is 0 Å². The summed E-state index contributed by atoms with van der Waals surface area (Å²) in [6, 6.07) is 13.6. The molecular weight excluding hydrogens is 290 g/mol. The molecular formula is C15H12ClN3O2. The smallest absolute Gasteiger partial charge is 0.332 e. The Balaban J connectivity index is 1.81. The average Bonchev–Trinajstić information content (AvgIpc) is 2.83. The van der Waals surface area contributed by atoms with Crippen LogP contribution >= 0.6 is 11.6 Å². The second kappa shape index (κ2) is 5.46. The van der Waals surface area contributed by atoms with Gasteiger partial charge in [0.2, 0.25) is 0 Å². The van der Waals surface area contributed by atoms with E-state index in [1.165, 1.54) is 0 Å². The minimum atomic E-state index is -0.504. The van der Waals surface area contributed by atoms with Crippen molar-refractivity contribution in [2.24, 2.45) is 0 Å². The van der Waals surface area contributed by atoms with Crippen molar-refractivity contribution in [3.63, 3.8) is 0 Å². The Morgan fingerprint density at radius 3 is 2.76 bits per heavy atom. The van der Waals surface area contributed by atoms with E-state index in [1.54, 1.807) is 42.5 Å². The number of carbonyl (C=O) groups excluding carboxylic acids is 1. The van der Waals surface area contributed by atoms with E-state index < -0.39 is 6.03 Å². The predicted molar refractivity (Wildman–Crippen MR) is 81.6 cm³/mol. The molecule has 0 saturated carbocycles. The van der Waals surface area contributed by atoms with Crippen LogP contribution in [0.15, 0.2) is 53.3 Å². The SMILES string of the molecule is O=C(NCc1cccc(Cl)c1)n1[nH]c2ccccc2c1=O. The van der Waals surface area contributed by atoms with Gasteiger partial charge in [0.15, 0.2) is 0 Å². The van der Waals surface area contributed by atoms with E-state index in [-0.39, 0.29) is 5.56 Å². The molecule has 0 bridgehead atoms. The van der Waals surface area contributed by atoms with Crippen molar-refractivity contribution in [1.82, 2.24) is 15.1 Å². The standard InChI is InChI=1S/C15H12ClN3O2/c16-11-5-3-4-10(8-11)9-17-15(21)19-14(20)12-6-1-2-7-13(12)18-19/h1-8,18H,9H2,(H,17,21). The van der Waals surface area contributed by atoms with Crippen molar-refractivity contribution in [2.45, 2.75) is 6.54 Å². The largest absolute Gasteiger partial charge is 0.343 e. The van der Waals surface area contributed by atoms with Crippen LogP contribution in [0.4, 0.5) is 4.79 Å². The van der Waals surface area contributed by atoms with Gasteiger partial charge in [-0.15, -0.1) is 0 Å². The highest BCUT2D eigenvalue weighted by Gasteiger charge is 2.12. The minimum Gasteiger partial charge on any atom is -0.332 e. The number of H-pyrrole nitrogens is 1. The first-order chi connectivity index (χ1) is 10.1. The molecule has 3 aromatic rings. The molecule has 1 aromatic heterocycles. The Morgan fingerprint density at radius 2 is 2.00 bits per heavy atom. The van der Waals surface area contributed by atoms with Crippen molar-refractivity contribution >= 4 is 28.5 Å². The van der Waals surface area contributed by atoms with Gasteiger partial charge < -0.3 is 5.32 Å². The first kappa shape index (κ1) is 13.5. The van der Waals surface area contributed by atoms with Crippen LogP contribution in [0.5, 0.6) is 0 Å². The summed E-state index contributed by atoms with van der Waals surface area (Å²) in [5.74, 6) is 0. The predicted octanol–water partition coefficient (Wildman–Crippen LogP) is 2.74. The van der Waals surface area contributed by atoms with E-state index >= 15 is 0 Å². The van der Waals surface area contributed by atoms with Crippen LogP contribution in [0.1, 0.15) is 5.56 Å². The summed E-state index contributed by atoms with van der Waals surface area (Å²) in [6.07, 6.45) is 0. The highest BCUT2D eigenvalue weighted by Crippen LogP contribution is 2.10. The normalized spacial score (nSPS) is 10.7. The molecule has 0 fully saturated rings. The van der Waals surface area contributed by atoms with E-state index in [0.717, 1.165) is 10.2 Å². The van der Waals surface area contributed by atoms with Crippen molar-refractivity contribution in [3.8, 4) is 0 Å². The zero-order chi connectivity index (χ0) is 14.8. The van der Waals surface area contributed by atoms with Crippen LogP contribution in [-0.2, 0) is 6.54 Å². The molecule has 0 saturated heterocycles. The van der Waals surface area contributed by atoms with Crippen LogP contribution in [0.25, 0.3) is 10.9 Å². The molecule has 0 atom stereocenters. The number of fused-ring (bicyclic) bond motifs is 1. The summed E-state index contributed by atoms with van der Waals surface area (Å²) in [6.45, 7) is 0.293. The number of aromatic nitrogens is 2. The Morgan fingerprint density at radius 1 is 1.19 bits per heavy atom. The lowest BCUT2D eigenvalue weighted by molar-refractivity contribution is 0.238. The summed E-state index contributed by atoms with van der Waals surface area (Å²) < 4.78 is 0.967. The maximum atomic E-state index is 12.1. The van der Waals surface area contributed by atoms with Crippen molar-refractivity contribution in [3.05, 3.63) is 69.5 Å². The monoisotopic (exact) mass is 301 g/mol. The lowest BCUT2D eigenvalue weighted by Gasteiger charge is -2.05. The third kappa shape index (κ3) is 2.68. The highest BCUT2D eigenvalue weighted by atomic mass is 35.5. The maximum absolute atomic E-state index is 12.1. The van der Waals surface area contributed by atoms with Gasteiger partial charge >= 0.3 is 6.03 Å². The highest BCUT2D eigenvalue weighted by molar-refractivity contribution is 6.30. The van der Waals surface area contributed by atoms with Gasteiger partial charge in [0.25, 0.3) is 5.56 Å².